The molecule has 4 heteroatoms. The van der Waals surface area contributed by atoms with E-state index in [0.717, 1.165) is 25.9 Å². The summed E-state index contributed by atoms with van der Waals surface area (Å²) < 4.78 is 2.12. The van der Waals surface area contributed by atoms with Crippen LogP contribution in [0.2, 0.25) is 0 Å². The number of hydrogen-bond acceptors (Lipinski definition) is 2. The number of nitrogens with zero attached hydrogens (tertiary/aromatic N) is 3. The molecule has 4 nitrogen and oxygen atoms in total. The van der Waals surface area contributed by atoms with Crippen LogP contribution < -0.4 is 0 Å². The molecule has 1 aromatic rings. The Balaban J connectivity index is 1.92. The van der Waals surface area contributed by atoms with E-state index in [2.05, 4.69) is 16.1 Å². The molecule has 0 bridgehead atoms. The first-order chi connectivity index (χ1) is 7.31. The normalized spacial score (nSPS) is 17.7. The fourth-order valence-electron chi connectivity index (χ4n) is 2.00. The number of carbonyl (C=O) groups excluding carboxylic acids is 1. The second kappa shape index (κ2) is 4.29. The van der Waals surface area contributed by atoms with Crippen molar-refractivity contribution in [2.24, 2.45) is 0 Å². The molecule has 1 aromatic heterocycles. The van der Waals surface area contributed by atoms with Crippen LogP contribution in [0.3, 0.4) is 0 Å². The van der Waals surface area contributed by atoms with Crippen LogP contribution in [0, 0.1) is 0 Å². The molecule has 1 fully saturated rings. The van der Waals surface area contributed by atoms with Gasteiger partial charge in [-0.15, -0.1) is 0 Å². The minimum atomic E-state index is 0.0408. The summed E-state index contributed by atoms with van der Waals surface area (Å²) in [5.41, 5.74) is 0. The molecular formula is C11H15N3O. The molecule has 2 rings (SSSR count). The number of likely N-dealkylation sites (tertiary alicyclic amines) is 1. The number of imidazole rings is 1. The van der Waals surface area contributed by atoms with E-state index in [4.69, 9.17) is 0 Å². The summed E-state index contributed by atoms with van der Waals surface area (Å²) in [4.78, 5) is 17.2. The zero-order chi connectivity index (χ0) is 10.7. The lowest BCUT2D eigenvalue weighted by molar-refractivity contribution is -0.127. The average Bonchev–Trinajstić information content (AvgIpc) is 2.82. The van der Waals surface area contributed by atoms with Gasteiger partial charge < -0.3 is 9.47 Å². The van der Waals surface area contributed by atoms with Crippen molar-refractivity contribution >= 4 is 5.91 Å². The molecule has 80 valence electrons. The fraction of sp³-hybridized carbons (Fsp3) is 0.455. The molecular weight excluding hydrogens is 190 g/mol. The van der Waals surface area contributed by atoms with E-state index in [1.165, 1.54) is 6.08 Å². The lowest BCUT2D eigenvalue weighted by atomic mass is 10.1. The summed E-state index contributed by atoms with van der Waals surface area (Å²) in [5, 5.41) is 0. The molecule has 0 spiro atoms. The molecule has 0 atom stereocenters. The maximum absolute atomic E-state index is 11.3. The number of piperidine rings is 1. The Morgan fingerprint density at radius 1 is 1.47 bits per heavy atom. The summed E-state index contributed by atoms with van der Waals surface area (Å²) in [6.45, 7) is 5.12. The predicted octanol–water partition coefficient (Wildman–Crippen LogP) is 1.23. The van der Waals surface area contributed by atoms with Crippen molar-refractivity contribution in [1.82, 2.24) is 14.5 Å². The summed E-state index contributed by atoms with van der Waals surface area (Å²) in [5.74, 6) is 0.0408. The van der Waals surface area contributed by atoms with Crippen LogP contribution in [0.4, 0.5) is 0 Å². The van der Waals surface area contributed by atoms with Gasteiger partial charge in [0.2, 0.25) is 5.91 Å². The van der Waals surface area contributed by atoms with Gasteiger partial charge >= 0.3 is 0 Å². The second-order valence-electron chi connectivity index (χ2n) is 3.77. The van der Waals surface area contributed by atoms with Gasteiger partial charge in [-0.1, -0.05) is 6.58 Å². The first-order valence-corrected chi connectivity index (χ1v) is 5.20. The van der Waals surface area contributed by atoms with Crippen LogP contribution in [-0.2, 0) is 4.79 Å². The molecule has 1 saturated heterocycles. The lowest BCUT2D eigenvalue weighted by Gasteiger charge is -2.31. The highest BCUT2D eigenvalue weighted by Crippen LogP contribution is 2.21. The monoisotopic (exact) mass is 205 g/mol. The SMILES string of the molecule is C=CC(=O)N1CCC(n2ccnc2)CC1. The van der Waals surface area contributed by atoms with Crippen LogP contribution in [0.15, 0.2) is 31.4 Å². The van der Waals surface area contributed by atoms with E-state index in [0.29, 0.717) is 6.04 Å². The van der Waals surface area contributed by atoms with Gasteiger partial charge in [0.15, 0.2) is 0 Å². The predicted molar refractivity (Wildman–Crippen MR) is 57.3 cm³/mol. The largest absolute Gasteiger partial charge is 0.339 e. The Morgan fingerprint density at radius 3 is 2.73 bits per heavy atom. The van der Waals surface area contributed by atoms with Crippen LogP contribution in [0.5, 0.6) is 0 Å². The second-order valence-corrected chi connectivity index (χ2v) is 3.77. The van der Waals surface area contributed by atoms with Gasteiger partial charge in [-0.05, 0) is 18.9 Å². The molecule has 0 N–H and O–H groups in total. The fourth-order valence-corrected chi connectivity index (χ4v) is 2.00. The van der Waals surface area contributed by atoms with Crippen molar-refractivity contribution in [3.05, 3.63) is 31.4 Å². The third-order valence-electron chi connectivity index (χ3n) is 2.90. The van der Waals surface area contributed by atoms with Crippen LogP contribution in [0.1, 0.15) is 18.9 Å². The maximum Gasteiger partial charge on any atom is 0.245 e. The van der Waals surface area contributed by atoms with Gasteiger partial charge in [-0.3, -0.25) is 4.79 Å². The number of carbonyl (C=O) groups is 1. The zero-order valence-electron chi connectivity index (χ0n) is 8.67. The quantitative estimate of drug-likeness (QED) is 0.681. The first-order valence-electron chi connectivity index (χ1n) is 5.20. The zero-order valence-corrected chi connectivity index (χ0v) is 8.67. The summed E-state index contributed by atoms with van der Waals surface area (Å²) >= 11 is 0. The van der Waals surface area contributed by atoms with Gasteiger partial charge in [-0.25, -0.2) is 4.98 Å². The Bertz CT molecular complexity index is 337. The molecule has 0 saturated carbocycles. The summed E-state index contributed by atoms with van der Waals surface area (Å²) in [7, 11) is 0. The average molecular weight is 205 g/mol. The Morgan fingerprint density at radius 2 is 2.20 bits per heavy atom. The molecule has 1 amide bonds. The van der Waals surface area contributed by atoms with Crippen molar-refractivity contribution in [3.8, 4) is 0 Å². The van der Waals surface area contributed by atoms with E-state index in [-0.39, 0.29) is 5.91 Å². The van der Waals surface area contributed by atoms with E-state index >= 15 is 0 Å². The molecule has 2 heterocycles. The van der Waals surface area contributed by atoms with E-state index < -0.39 is 0 Å². The van der Waals surface area contributed by atoms with Gasteiger partial charge in [0.1, 0.15) is 0 Å². The van der Waals surface area contributed by atoms with Crippen LogP contribution in [0.25, 0.3) is 0 Å². The van der Waals surface area contributed by atoms with Gasteiger partial charge in [0.05, 0.1) is 6.33 Å². The number of rotatable bonds is 2. The molecule has 0 radical (unpaired) electrons. The van der Waals surface area contributed by atoms with Crippen molar-refractivity contribution in [2.75, 3.05) is 13.1 Å². The highest BCUT2D eigenvalue weighted by atomic mass is 16.2. The first kappa shape index (κ1) is 9.96. The van der Waals surface area contributed by atoms with Crippen molar-refractivity contribution in [3.63, 3.8) is 0 Å². The minimum absolute atomic E-state index is 0.0408. The standard InChI is InChI=1S/C11H15N3O/c1-2-11(15)13-6-3-10(4-7-13)14-8-5-12-9-14/h2,5,8-10H,1,3-4,6-7H2. The van der Waals surface area contributed by atoms with Crippen molar-refractivity contribution in [2.45, 2.75) is 18.9 Å². The van der Waals surface area contributed by atoms with Crippen LogP contribution >= 0.6 is 0 Å². The van der Waals surface area contributed by atoms with E-state index in [1.54, 1.807) is 6.20 Å². The van der Waals surface area contributed by atoms with Gasteiger partial charge in [0.25, 0.3) is 0 Å². The van der Waals surface area contributed by atoms with E-state index in [1.807, 2.05) is 17.4 Å². The van der Waals surface area contributed by atoms with E-state index in [9.17, 15) is 4.79 Å². The lowest BCUT2D eigenvalue weighted by Crippen LogP contribution is -2.37. The Labute approximate surface area is 89.2 Å². The molecule has 0 aliphatic carbocycles. The molecule has 15 heavy (non-hydrogen) atoms. The highest BCUT2D eigenvalue weighted by Gasteiger charge is 2.21. The van der Waals surface area contributed by atoms with Crippen molar-refractivity contribution < 1.29 is 4.79 Å². The molecule has 0 unspecified atom stereocenters. The molecule has 1 aliphatic heterocycles. The number of amides is 1. The molecule has 1 aliphatic rings. The van der Waals surface area contributed by atoms with Crippen LogP contribution in [-0.4, -0.2) is 33.4 Å². The third-order valence-corrected chi connectivity index (χ3v) is 2.90. The topological polar surface area (TPSA) is 38.1 Å². The highest BCUT2D eigenvalue weighted by molar-refractivity contribution is 5.87. The molecule has 0 aromatic carbocycles. The van der Waals surface area contributed by atoms with Gasteiger partial charge in [0, 0.05) is 31.5 Å². The summed E-state index contributed by atoms with van der Waals surface area (Å²) in [6.07, 6.45) is 9.00. The third kappa shape index (κ3) is 2.09. The maximum atomic E-state index is 11.3. The number of aromatic nitrogens is 2. The summed E-state index contributed by atoms with van der Waals surface area (Å²) in [6, 6.07) is 0.487. The number of hydrogen-bond donors (Lipinski definition) is 0. The Kier molecular flexibility index (Phi) is 2.85. The Hall–Kier alpha value is -1.58. The smallest absolute Gasteiger partial charge is 0.245 e. The minimum Gasteiger partial charge on any atom is -0.339 e. The van der Waals surface area contributed by atoms with Crippen molar-refractivity contribution in [1.29, 1.82) is 0 Å². The van der Waals surface area contributed by atoms with Gasteiger partial charge in [-0.2, -0.15) is 0 Å².